The van der Waals surface area contributed by atoms with E-state index < -0.39 is 0 Å². The first-order valence-corrected chi connectivity index (χ1v) is 7.40. The molecule has 0 radical (unpaired) electrons. The molecule has 0 aliphatic rings. The quantitative estimate of drug-likeness (QED) is 0.803. The summed E-state index contributed by atoms with van der Waals surface area (Å²) in [5, 5.41) is 7.69. The van der Waals surface area contributed by atoms with Gasteiger partial charge in [0, 0.05) is 38.6 Å². The first-order chi connectivity index (χ1) is 11.0. The molecular formula is C17H19N5O. The SMILES string of the molecule is Cc1cc2c(NCc3ccc(C(=O)N(C)C)cc3)nccn2n1. The van der Waals surface area contributed by atoms with Crippen LogP contribution in [0.3, 0.4) is 0 Å². The van der Waals surface area contributed by atoms with Crippen molar-refractivity contribution in [2.75, 3.05) is 19.4 Å². The molecule has 0 unspecified atom stereocenters. The number of anilines is 1. The molecule has 118 valence electrons. The zero-order chi connectivity index (χ0) is 16.4. The Morgan fingerprint density at radius 1 is 1.26 bits per heavy atom. The van der Waals surface area contributed by atoms with Crippen molar-refractivity contribution >= 4 is 17.2 Å². The van der Waals surface area contributed by atoms with Crippen molar-refractivity contribution in [1.29, 1.82) is 0 Å². The highest BCUT2D eigenvalue weighted by atomic mass is 16.2. The molecular weight excluding hydrogens is 290 g/mol. The number of hydrogen-bond acceptors (Lipinski definition) is 4. The Kier molecular flexibility index (Phi) is 3.97. The van der Waals surface area contributed by atoms with Gasteiger partial charge in [0.2, 0.25) is 0 Å². The summed E-state index contributed by atoms with van der Waals surface area (Å²) in [6.07, 6.45) is 3.55. The minimum atomic E-state index is 0.00526. The Morgan fingerprint density at radius 3 is 2.70 bits per heavy atom. The average Bonchev–Trinajstić information content (AvgIpc) is 2.93. The van der Waals surface area contributed by atoms with Gasteiger partial charge in [-0.25, -0.2) is 9.50 Å². The predicted molar refractivity (Wildman–Crippen MR) is 89.5 cm³/mol. The number of carbonyl (C=O) groups is 1. The largest absolute Gasteiger partial charge is 0.364 e. The van der Waals surface area contributed by atoms with Gasteiger partial charge in [0.05, 0.1) is 5.69 Å². The van der Waals surface area contributed by atoms with E-state index in [0.717, 1.165) is 22.6 Å². The van der Waals surface area contributed by atoms with E-state index in [1.54, 1.807) is 25.2 Å². The molecule has 0 atom stereocenters. The number of amides is 1. The van der Waals surface area contributed by atoms with Crippen molar-refractivity contribution < 1.29 is 4.79 Å². The van der Waals surface area contributed by atoms with Gasteiger partial charge in [-0.1, -0.05) is 12.1 Å². The second-order valence-corrected chi connectivity index (χ2v) is 5.64. The van der Waals surface area contributed by atoms with E-state index in [0.29, 0.717) is 12.1 Å². The average molecular weight is 309 g/mol. The lowest BCUT2D eigenvalue weighted by Gasteiger charge is -2.11. The van der Waals surface area contributed by atoms with Crippen LogP contribution in [-0.4, -0.2) is 39.5 Å². The van der Waals surface area contributed by atoms with Gasteiger partial charge in [0.15, 0.2) is 5.82 Å². The summed E-state index contributed by atoms with van der Waals surface area (Å²) in [5.74, 6) is 0.798. The minimum Gasteiger partial charge on any atom is -0.364 e. The molecule has 0 saturated carbocycles. The summed E-state index contributed by atoms with van der Waals surface area (Å²) in [5.41, 5.74) is 3.67. The maximum Gasteiger partial charge on any atom is 0.253 e. The molecule has 0 aliphatic heterocycles. The minimum absolute atomic E-state index is 0.00526. The summed E-state index contributed by atoms with van der Waals surface area (Å²) >= 11 is 0. The third kappa shape index (κ3) is 3.15. The van der Waals surface area contributed by atoms with Crippen LogP contribution in [0, 0.1) is 6.92 Å². The number of nitrogens with zero attached hydrogens (tertiary/aromatic N) is 4. The summed E-state index contributed by atoms with van der Waals surface area (Å²) in [7, 11) is 3.50. The molecule has 2 heterocycles. The van der Waals surface area contributed by atoms with Crippen molar-refractivity contribution in [1.82, 2.24) is 19.5 Å². The molecule has 23 heavy (non-hydrogen) atoms. The van der Waals surface area contributed by atoms with Crippen LogP contribution in [0.1, 0.15) is 21.6 Å². The lowest BCUT2D eigenvalue weighted by atomic mass is 10.1. The number of aryl methyl sites for hydroxylation is 1. The third-order valence-electron chi connectivity index (χ3n) is 3.58. The normalized spacial score (nSPS) is 10.7. The fraction of sp³-hybridized carbons (Fsp3) is 0.235. The lowest BCUT2D eigenvalue weighted by molar-refractivity contribution is 0.0827. The van der Waals surface area contributed by atoms with Crippen molar-refractivity contribution in [3.63, 3.8) is 0 Å². The van der Waals surface area contributed by atoms with Crippen LogP contribution in [0.25, 0.3) is 5.52 Å². The molecule has 1 aromatic carbocycles. The summed E-state index contributed by atoms with van der Waals surface area (Å²) in [6, 6.07) is 9.58. The number of fused-ring (bicyclic) bond motifs is 1. The summed E-state index contributed by atoms with van der Waals surface area (Å²) in [4.78, 5) is 17.8. The lowest BCUT2D eigenvalue weighted by Crippen LogP contribution is -2.21. The topological polar surface area (TPSA) is 62.5 Å². The third-order valence-corrected chi connectivity index (χ3v) is 3.58. The molecule has 0 bridgehead atoms. The fourth-order valence-corrected chi connectivity index (χ4v) is 2.39. The molecule has 0 aliphatic carbocycles. The number of carbonyl (C=O) groups excluding carboxylic acids is 1. The number of rotatable bonds is 4. The Morgan fingerprint density at radius 2 is 2.00 bits per heavy atom. The molecule has 0 saturated heterocycles. The van der Waals surface area contributed by atoms with Crippen LogP contribution >= 0.6 is 0 Å². The van der Waals surface area contributed by atoms with Crippen molar-refractivity contribution in [2.24, 2.45) is 0 Å². The smallest absolute Gasteiger partial charge is 0.253 e. The van der Waals surface area contributed by atoms with E-state index in [4.69, 9.17) is 0 Å². The molecule has 3 rings (SSSR count). The monoisotopic (exact) mass is 309 g/mol. The van der Waals surface area contributed by atoms with Gasteiger partial charge in [-0.05, 0) is 30.7 Å². The van der Waals surface area contributed by atoms with E-state index in [1.165, 1.54) is 0 Å². The van der Waals surface area contributed by atoms with Crippen molar-refractivity contribution in [2.45, 2.75) is 13.5 Å². The van der Waals surface area contributed by atoms with Crippen LogP contribution in [0.5, 0.6) is 0 Å². The van der Waals surface area contributed by atoms with Gasteiger partial charge in [-0.2, -0.15) is 5.10 Å². The van der Waals surface area contributed by atoms with Gasteiger partial charge in [-0.3, -0.25) is 4.79 Å². The maximum absolute atomic E-state index is 11.9. The summed E-state index contributed by atoms with van der Waals surface area (Å²) < 4.78 is 1.81. The number of aromatic nitrogens is 3. The predicted octanol–water partition coefficient (Wildman–Crippen LogP) is 2.35. The summed E-state index contributed by atoms with van der Waals surface area (Å²) in [6.45, 7) is 2.59. The number of nitrogens with one attached hydrogen (secondary N) is 1. The Bertz CT molecular complexity index is 836. The Balaban J connectivity index is 1.74. The first kappa shape index (κ1) is 15.0. The van der Waals surface area contributed by atoms with Gasteiger partial charge >= 0.3 is 0 Å². The highest BCUT2D eigenvalue weighted by Crippen LogP contribution is 2.16. The Labute approximate surface area is 134 Å². The maximum atomic E-state index is 11.9. The molecule has 0 spiro atoms. The standard InChI is InChI=1S/C17H19N5O/c1-12-10-15-16(18-8-9-22(15)20-12)19-11-13-4-6-14(7-5-13)17(23)21(2)3/h4-10H,11H2,1-3H3,(H,18,19). The van der Waals surface area contributed by atoms with Crippen molar-refractivity contribution in [3.05, 3.63) is 59.5 Å². The highest BCUT2D eigenvalue weighted by molar-refractivity contribution is 5.93. The second-order valence-electron chi connectivity index (χ2n) is 5.64. The van der Waals surface area contributed by atoms with Crippen molar-refractivity contribution in [3.8, 4) is 0 Å². The van der Waals surface area contributed by atoms with Gasteiger partial charge in [0.25, 0.3) is 5.91 Å². The van der Waals surface area contributed by atoms with Gasteiger partial charge < -0.3 is 10.2 Å². The van der Waals surface area contributed by atoms with Gasteiger partial charge in [-0.15, -0.1) is 0 Å². The second kappa shape index (κ2) is 6.08. The highest BCUT2D eigenvalue weighted by Gasteiger charge is 2.08. The molecule has 6 heteroatoms. The Hall–Kier alpha value is -2.89. The molecule has 3 aromatic rings. The van der Waals surface area contributed by atoms with E-state index in [2.05, 4.69) is 15.4 Å². The van der Waals surface area contributed by atoms with Crippen LogP contribution < -0.4 is 5.32 Å². The van der Waals surface area contributed by atoms with Gasteiger partial charge in [0.1, 0.15) is 5.52 Å². The zero-order valence-corrected chi connectivity index (χ0v) is 13.4. The van der Waals surface area contributed by atoms with Crippen LogP contribution in [0.2, 0.25) is 0 Å². The molecule has 1 amide bonds. The van der Waals surface area contributed by atoms with E-state index >= 15 is 0 Å². The molecule has 0 fully saturated rings. The first-order valence-electron chi connectivity index (χ1n) is 7.40. The number of hydrogen-bond donors (Lipinski definition) is 1. The fourth-order valence-electron chi connectivity index (χ4n) is 2.39. The van der Waals surface area contributed by atoms with Crippen LogP contribution in [0.15, 0.2) is 42.7 Å². The van der Waals surface area contributed by atoms with E-state index in [-0.39, 0.29) is 5.91 Å². The molecule has 2 aromatic heterocycles. The van der Waals surface area contributed by atoms with E-state index in [9.17, 15) is 4.79 Å². The molecule has 1 N–H and O–H groups in total. The zero-order valence-electron chi connectivity index (χ0n) is 13.4. The van der Waals surface area contributed by atoms with Crippen LogP contribution in [-0.2, 0) is 6.54 Å². The van der Waals surface area contributed by atoms with Crippen LogP contribution in [0.4, 0.5) is 5.82 Å². The van der Waals surface area contributed by atoms with E-state index in [1.807, 2.05) is 48.0 Å². The molecule has 6 nitrogen and oxygen atoms in total. The number of benzene rings is 1.